The number of hydrogen-bond donors (Lipinski definition) is 1. The monoisotopic (exact) mass is 280 g/mol. The summed E-state index contributed by atoms with van der Waals surface area (Å²) in [6, 6.07) is 1.95. The molecule has 0 fully saturated rings. The van der Waals surface area contributed by atoms with E-state index < -0.39 is 16.5 Å². The molecule has 0 aliphatic rings. The topological polar surface area (TPSA) is 71.4 Å². The van der Waals surface area contributed by atoms with Gasteiger partial charge in [-0.1, -0.05) is 11.6 Å². The lowest BCUT2D eigenvalue weighted by Crippen LogP contribution is -2.05. The van der Waals surface area contributed by atoms with Crippen molar-refractivity contribution in [2.24, 2.45) is 0 Å². The van der Waals surface area contributed by atoms with E-state index in [2.05, 4.69) is 0 Å². The summed E-state index contributed by atoms with van der Waals surface area (Å²) in [4.78, 5) is 32.6. The van der Waals surface area contributed by atoms with Gasteiger partial charge in [-0.25, -0.2) is 4.79 Å². The average molecular weight is 281 g/mol. The average Bonchev–Trinajstić information content (AvgIpc) is 2.16. The van der Waals surface area contributed by atoms with E-state index in [0.29, 0.717) is 0 Å². The minimum atomic E-state index is -1.32. The van der Waals surface area contributed by atoms with E-state index in [1.165, 1.54) is 0 Å². The van der Waals surface area contributed by atoms with Crippen LogP contribution in [0.25, 0.3) is 0 Å². The second-order valence-electron chi connectivity index (χ2n) is 2.74. The van der Waals surface area contributed by atoms with Gasteiger partial charge in [0.15, 0.2) is 0 Å². The van der Waals surface area contributed by atoms with Gasteiger partial charge in [0, 0.05) is 0 Å². The van der Waals surface area contributed by atoms with Crippen LogP contribution in [0.2, 0.25) is 5.02 Å². The summed E-state index contributed by atoms with van der Waals surface area (Å²) < 4.78 is 0. The molecule has 1 aromatic rings. The number of carbonyl (C=O) groups is 3. The molecule has 0 bridgehead atoms. The molecule has 16 heavy (non-hydrogen) atoms. The van der Waals surface area contributed by atoms with Gasteiger partial charge in [-0.15, -0.1) is 0 Å². The SMILES string of the molecule is O=C(O)c1cc(C(=O)Cl)c(Cl)c(C(=O)Cl)c1. The fourth-order valence-electron chi connectivity index (χ4n) is 1.03. The number of rotatable bonds is 3. The number of carbonyl (C=O) groups excluding carboxylic acids is 2. The molecule has 7 heteroatoms. The standard InChI is InChI=1S/C9H3Cl3O4/c10-6-4(7(11)13)1-3(9(15)16)2-5(6)8(12)14/h1-2H,(H,15,16). The summed E-state index contributed by atoms with van der Waals surface area (Å²) in [5.74, 6) is -1.32. The summed E-state index contributed by atoms with van der Waals surface area (Å²) in [6.07, 6.45) is 0. The van der Waals surface area contributed by atoms with Crippen LogP contribution in [-0.2, 0) is 0 Å². The number of benzene rings is 1. The van der Waals surface area contributed by atoms with Crippen LogP contribution in [0, 0.1) is 0 Å². The van der Waals surface area contributed by atoms with Crippen LogP contribution in [0.15, 0.2) is 12.1 Å². The second-order valence-corrected chi connectivity index (χ2v) is 3.80. The maximum absolute atomic E-state index is 10.9. The zero-order valence-corrected chi connectivity index (χ0v) is 9.73. The van der Waals surface area contributed by atoms with E-state index in [-0.39, 0.29) is 21.7 Å². The fraction of sp³-hybridized carbons (Fsp3) is 0. The first-order valence-electron chi connectivity index (χ1n) is 3.81. The van der Waals surface area contributed by atoms with E-state index in [4.69, 9.17) is 39.9 Å². The lowest BCUT2D eigenvalue weighted by atomic mass is 10.1. The van der Waals surface area contributed by atoms with Crippen molar-refractivity contribution < 1.29 is 19.5 Å². The van der Waals surface area contributed by atoms with Crippen LogP contribution in [0.1, 0.15) is 31.1 Å². The first-order valence-corrected chi connectivity index (χ1v) is 4.94. The molecule has 1 N–H and O–H groups in total. The normalized spacial score (nSPS) is 9.94. The van der Waals surface area contributed by atoms with Crippen LogP contribution in [0.5, 0.6) is 0 Å². The second kappa shape index (κ2) is 4.82. The van der Waals surface area contributed by atoms with Crippen molar-refractivity contribution in [3.05, 3.63) is 33.8 Å². The predicted molar refractivity (Wildman–Crippen MR) is 58.8 cm³/mol. The highest BCUT2D eigenvalue weighted by Gasteiger charge is 2.19. The molecule has 0 saturated carbocycles. The Bertz CT molecular complexity index is 461. The zero-order chi connectivity index (χ0) is 12.5. The Hall–Kier alpha value is -1.10. The van der Waals surface area contributed by atoms with Crippen molar-refractivity contribution in [3.8, 4) is 0 Å². The Morgan fingerprint density at radius 1 is 1.00 bits per heavy atom. The molecule has 0 aromatic heterocycles. The van der Waals surface area contributed by atoms with Crippen molar-refractivity contribution in [2.75, 3.05) is 0 Å². The molecular weight excluding hydrogens is 278 g/mol. The van der Waals surface area contributed by atoms with E-state index in [1.807, 2.05) is 0 Å². The molecule has 1 aromatic carbocycles. The zero-order valence-electron chi connectivity index (χ0n) is 7.46. The number of carboxylic acids is 1. The molecule has 0 radical (unpaired) electrons. The largest absolute Gasteiger partial charge is 0.478 e. The molecular formula is C9H3Cl3O4. The van der Waals surface area contributed by atoms with Gasteiger partial charge in [0.25, 0.3) is 10.5 Å². The highest BCUT2D eigenvalue weighted by atomic mass is 35.5. The van der Waals surface area contributed by atoms with Crippen LogP contribution < -0.4 is 0 Å². The molecule has 0 spiro atoms. The van der Waals surface area contributed by atoms with Gasteiger partial charge >= 0.3 is 5.97 Å². The minimum absolute atomic E-state index is 0.259. The Morgan fingerprint density at radius 2 is 1.38 bits per heavy atom. The lowest BCUT2D eigenvalue weighted by Gasteiger charge is -2.05. The number of aromatic carboxylic acids is 1. The van der Waals surface area contributed by atoms with Crippen molar-refractivity contribution in [2.45, 2.75) is 0 Å². The summed E-state index contributed by atoms with van der Waals surface area (Å²) in [5.41, 5.74) is -0.836. The summed E-state index contributed by atoms with van der Waals surface area (Å²) in [6.45, 7) is 0. The molecule has 4 nitrogen and oxygen atoms in total. The first-order chi connectivity index (χ1) is 7.34. The van der Waals surface area contributed by atoms with Crippen molar-refractivity contribution >= 4 is 51.3 Å². The molecule has 0 aliphatic carbocycles. The van der Waals surface area contributed by atoms with Gasteiger partial charge in [-0.05, 0) is 35.3 Å². The lowest BCUT2D eigenvalue weighted by molar-refractivity contribution is 0.0697. The van der Waals surface area contributed by atoms with Crippen LogP contribution in [0.4, 0.5) is 0 Å². The third-order valence-electron chi connectivity index (χ3n) is 1.74. The van der Waals surface area contributed by atoms with E-state index in [0.717, 1.165) is 12.1 Å². The van der Waals surface area contributed by atoms with Crippen molar-refractivity contribution in [1.82, 2.24) is 0 Å². The minimum Gasteiger partial charge on any atom is -0.478 e. The van der Waals surface area contributed by atoms with Crippen LogP contribution >= 0.6 is 34.8 Å². The molecule has 0 saturated heterocycles. The van der Waals surface area contributed by atoms with Gasteiger partial charge in [0.1, 0.15) is 0 Å². The molecule has 0 aliphatic heterocycles. The number of hydrogen-bond acceptors (Lipinski definition) is 3. The quantitative estimate of drug-likeness (QED) is 0.865. The Kier molecular flexibility index (Phi) is 3.91. The van der Waals surface area contributed by atoms with E-state index in [9.17, 15) is 14.4 Å². The highest BCUT2D eigenvalue weighted by molar-refractivity contribution is 6.71. The Labute approximate surface area is 105 Å². The van der Waals surface area contributed by atoms with Gasteiger partial charge in [0.05, 0.1) is 21.7 Å². The third kappa shape index (κ3) is 2.52. The maximum Gasteiger partial charge on any atom is 0.335 e. The number of halogens is 3. The van der Waals surface area contributed by atoms with Crippen LogP contribution in [0.3, 0.4) is 0 Å². The molecule has 0 atom stereocenters. The smallest absolute Gasteiger partial charge is 0.335 e. The Balaban J connectivity index is 3.57. The predicted octanol–water partition coefficient (Wildman–Crippen LogP) is 2.80. The van der Waals surface area contributed by atoms with Crippen LogP contribution in [-0.4, -0.2) is 21.6 Å². The maximum atomic E-state index is 10.9. The van der Waals surface area contributed by atoms with Crippen molar-refractivity contribution in [3.63, 3.8) is 0 Å². The Morgan fingerprint density at radius 3 is 1.62 bits per heavy atom. The van der Waals surface area contributed by atoms with Gasteiger partial charge in [-0.2, -0.15) is 0 Å². The summed E-state index contributed by atoms with van der Waals surface area (Å²) in [5, 5.41) is 6.55. The molecule has 84 valence electrons. The summed E-state index contributed by atoms with van der Waals surface area (Å²) in [7, 11) is 0. The molecule has 0 heterocycles. The molecule has 0 unspecified atom stereocenters. The van der Waals surface area contributed by atoms with E-state index in [1.54, 1.807) is 0 Å². The molecule has 1 rings (SSSR count). The molecule has 0 amide bonds. The van der Waals surface area contributed by atoms with Gasteiger partial charge in [0.2, 0.25) is 0 Å². The fourth-order valence-corrected chi connectivity index (χ4v) is 1.71. The summed E-state index contributed by atoms with van der Waals surface area (Å²) >= 11 is 16.1. The van der Waals surface area contributed by atoms with E-state index >= 15 is 0 Å². The van der Waals surface area contributed by atoms with Gasteiger partial charge in [-0.3, -0.25) is 9.59 Å². The number of carboxylic acid groups (broad SMARTS) is 1. The highest BCUT2D eigenvalue weighted by Crippen LogP contribution is 2.26. The first kappa shape index (κ1) is 13.0. The van der Waals surface area contributed by atoms with Gasteiger partial charge < -0.3 is 5.11 Å². The van der Waals surface area contributed by atoms with Crippen molar-refractivity contribution in [1.29, 1.82) is 0 Å². The third-order valence-corrected chi connectivity index (χ3v) is 2.56.